The van der Waals surface area contributed by atoms with E-state index in [0.29, 0.717) is 16.4 Å². The first-order valence-electron chi connectivity index (χ1n) is 8.63. The predicted molar refractivity (Wildman–Crippen MR) is 107 cm³/mol. The third kappa shape index (κ3) is 3.85. The van der Waals surface area contributed by atoms with E-state index in [-0.39, 0.29) is 18.2 Å². The zero-order valence-corrected chi connectivity index (χ0v) is 16.1. The van der Waals surface area contributed by atoms with E-state index in [0.717, 1.165) is 22.2 Å². The molecule has 2 aromatic heterocycles. The number of anilines is 2. The minimum atomic E-state index is -0.528. The van der Waals surface area contributed by atoms with Gasteiger partial charge in [0.1, 0.15) is 12.4 Å². The molecule has 1 N–H and O–H groups in total. The van der Waals surface area contributed by atoms with Gasteiger partial charge in [-0.3, -0.25) is 14.8 Å². The van der Waals surface area contributed by atoms with E-state index in [1.807, 2.05) is 0 Å². The summed E-state index contributed by atoms with van der Waals surface area (Å²) in [6.07, 6.45) is 1.66. The van der Waals surface area contributed by atoms with Crippen molar-refractivity contribution < 1.29 is 18.7 Å². The normalized spacial score (nSPS) is 10.8. The zero-order chi connectivity index (χ0) is 20.4. The van der Waals surface area contributed by atoms with Crippen LogP contribution in [0.2, 0.25) is 0 Å². The Bertz CT molecular complexity index is 1200. The molecular formula is C20H15FN4O3S. The van der Waals surface area contributed by atoms with Gasteiger partial charge in [0.05, 0.1) is 28.7 Å². The Balaban J connectivity index is 1.49. The smallest absolute Gasteiger partial charge is 0.338 e. The van der Waals surface area contributed by atoms with Gasteiger partial charge < -0.3 is 4.74 Å². The number of fused-ring (bicyclic) bond motifs is 1. The van der Waals surface area contributed by atoms with Gasteiger partial charge in [-0.05, 0) is 24.3 Å². The van der Waals surface area contributed by atoms with Crippen molar-refractivity contribution in [2.24, 2.45) is 0 Å². The molecule has 0 unspecified atom stereocenters. The minimum Gasteiger partial charge on any atom is -0.456 e. The monoisotopic (exact) mass is 410 g/mol. The number of hydrogen-bond acceptors (Lipinski definition) is 6. The molecule has 0 aliphatic carbocycles. The lowest BCUT2D eigenvalue weighted by Crippen LogP contribution is -2.23. The first-order valence-corrected chi connectivity index (χ1v) is 9.51. The van der Waals surface area contributed by atoms with Gasteiger partial charge in [0.2, 0.25) is 5.91 Å². The summed E-state index contributed by atoms with van der Waals surface area (Å²) in [5, 5.41) is 9.57. The SMILES string of the molecule is CC(=O)N(c1nc(COC(=O)c2ccc3cn[nH]c3c2)cs1)c1ccccc1F. The van der Waals surface area contributed by atoms with Gasteiger partial charge in [0, 0.05) is 17.7 Å². The second kappa shape index (κ2) is 7.80. The minimum absolute atomic E-state index is 0.0701. The van der Waals surface area contributed by atoms with Crippen LogP contribution in [0.1, 0.15) is 23.0 Å². The summed E-state index contributed by atoms with van der Waals surface area (Å²) in [4.78, 5) is 29.9. The van der Waals surface area contributed by atoms with Gasteiger partial charge in [0.25, 0.3) is 0 Å². The predicted octanol–water partition coefficient (Wildman–Crippen LogP) is 4.20. The Morgan fingerprint density at radius 2 is 2.07 bits per heavy atom. The number of carbonyl (C=O) groups is 2. The number of aromatic nitrogens is 3. The second-order valence-corrected chi connectivity index (χ2v) is 7.01. The third-order valence-corrected chi connectivity index (χ3v) is 5.04. The number of para-hydroxylation sites is 1. The van der Waals surface area contributed by atoms with Crippen molar-refractivity contribution in [2.45, 2.75) is 13.5 Å². The summed E-state index contributed by atoms with van der Waals surface area (Å²) in [6, 6.07) is 11.1. The highest BCUT2D eigenvalue weighted by Gasteiger charge is 2.21. The lowest BCUT2D eigenvalue weighted by molar-refractivity contribution is -0.115. The van der Waals surface area contributed by atoms with Crippen molar-refractivity contribution in [3.8, 4) is 0 Å². The molecule has 29 heavy (non-hydrogen) atoms. The molecule has 0 atom stereocenters. The van der Waals surface area contributed by atoms with E-state index in [9.17, 15) is 14.0 Å². The topological polar surface area (TPSA) is 88.2 Å². The number of aromatic amines is 1. The van der Waals surface area contributed by atoms with Crippen molar-refractivity contribution in [2.75, 3.05) is 4.90 Å². The molecule has 0 saturated carbocycles. The Hall–Kier alpha value is -3.59. The summed E-state index contributed by atoms with van der Waals surface area (Å²) in [5.41, 5.74) is 1.70. The number of rotatable bonds is 5. The maximum absolute atomic E-state index is 14.1. The number of nitrogens with zero attached hydrogens (tertiary/aromatic N) is 3. The van der Waals surface area contributed by atoms with Crippen molar-refractivity contribution in [1.82, 2.24) is 15.2 Å². The van der Waals surface area contributed by atoms with E-state index < -0.39 is 11.8 Å². The van der Waals surface area contributed by atoms with Gasteiger partial charge in [-0.1, -0.05) is 18.2 Å². The lowest BCUT2D eigenvalue weighted by Gasteiger charge is -2.18. The fourth-order valence-corrected chi connectivity index (χ4v) is 3.66. The third-order valence-electron chi connectivity index (χ3n) is 4.17. The number of nitrogens with one attached hydrogen (secondary N) is 1. The van der Waals surface area contributed by atoms with Crippen LogP contribution in [0.4, 0.5) is 15.2 Å². The van der Waals surface area contributed by atoms with Crippen molar-refractivity contribution in [3.05, 3.63) is 71.1 Å². The van der Waals surface area contributed by atoms with Gasteiger partial charge >= 0.3 is 5.97 Å². The lowest BCUT2D eigenvalue weighted by atomic mass is 10.2. The van der Waals surface area contributed by atoms with Crippen LogP contribution in [0.3, 0.4) is 0 Å². The van der Waals surface area contributed by atoms with Crippen LogP contribution in [0.25, 0.3) is 10.9 Å². The van der Waals surface area contributed by atoms with Gasteiger partial charge in [-0.15, -0.1) is 11.3 Å². The van der Waals surface area contributed by atoms with Crippen molar-refractivity contribution >= 4 is 44.9 Å². The number of amides is 1. The summed E-state index contributed by atoms with van der Waals surface area (Å²) in [5.74, 6) is -1.41. The fraction of sp³-hybridized carbons (Fsp3) is 0.100. The van der Waals surface area contributed by atoms with Crippen LogP contribution < -0.4 is 4.90 Å². The molecule has 2 heterocycles. The van der Waals surface area contributed by atoms with Crippen LogP contribution in [0.15, 0.2) is 54.0 Å². The molecule has 7 nitrogen and oxygen atoms in total. The molecule has 9 heteroatoms. The average Bonchev–Trinajstić information content (AvgIpc) is 3.36. The molecule has 2 aromatic carbocycles. The van der Waals surface area contributed by atoms with Gasteiger partial charge in [0.15, 0.2) is 5.13 Å². The molecule has 146 valence electrons. The zero-order valence-electron chi connectivity index (χ0n) is 15.3. The molecule has 0 radical (unpaired) electrons. The van der Waals surface area contributed by atoms with E-state index in [1.165, 1.54) is 24.0 Å². The Morgan fingerprint density at radius 3 is 2.86 bits per heavy atom. The largest absolute Gasteiger partial charge is 0.456 e. The molecule has 0 aliphatic rings. The Kier molecular flexibility index (Phi) is 5.05. The van der Waals surface area contributed by atoms with Crippen LogP contribution in [-0.2, 0) is 16.1 Å². The highest BCUT2D eigenvalue weighted by molar-refractivity contribution is 7.14. The fourth-order valence-electron chi connectivity index (χ4n) is 2.79. The summed E-state index contributed by atoms with van der Waals surface area (Å²) < 4.78 is 19.4. The average molecular weight is 410 g/mol. The second-order valence-electron chi connectivity index (χ2n) is 6.18. The summed E-state index contributed by atoms with van der Waals surface area (Å²) in [6.45, 7) is 1.26. The first kappa shape index (κ1) is 18.8. The highest BCUT2D eigenvalue weighted by atomic mass is 32.1. The van der Waals surface area contributed by atoms with Gasteiger partial charge in [-0.2, -0.15) is 5.10 Å². The number of ether oxygens (including phenoxy) is 1. The van der Waals surface area contributed by atoms with Gasteiger partial charge in [-0.25, -0.2) is 14.2 Å². The number of halogens is 1. The molecule has 0 fully saturated rings. The number of esters is 1. The number of H-pyrrole nitrogens is 1. The van der Waals surface area contributed by atoms with Crippen molar-refractivity contribution in [3.63, 3.8) is 0 Å². The first-order chi connectivity index (χ1) is 14.0. The van der Waals surface area contributed by atoms with Crippen molar-refractivity contribution in [1.29, 1.82) is 0 Å². The number of thiazole rings is 1. The van der Waals surface area contributed by atoms with Crippen LogP contribution in [0, 0.1) is 5.82 Å². The number of benzene rings is 2. The van der Waals surface area contributed by atoms with E-state index in [1.54, 1.807) is 41.9 Å². The summed E-state index contributed by atoms with van der Waals surface area (Å²) >= 11 is 1.16. The molecule has 0 aliphatic heterocycles. The quantitative estimate of drug-likeness (QED) is 0.498. The van der Waals surface area contributed by atoms with E-state index in [2.05, 4.69) is 15.2 Å². The van der Waals surface area contributed by atoms with Crippen LogP contribution in [0.5, 0.6) is 0 Å². The standard InChI is InChI=1S/C20H15FN4O3S/c1-12(26)25(18-5-3-2-4-16(18)21)20-23-15(11-29-20)10-28-19(27)13-6-7-14-9-22-24-17(14)8-13/h2-9,11H,10H2,1H3,(H,22,24). The summed E-state index contributed by atoms with van der Waals surface area (Å²) in [7, 11) is 0. The Morgan fingerprint density at radius 1 is 1.24 bits per heavy atom. The molecule has 0 saturated heterocycles. The molecule has 4 aromatic rings. The van der Waals surface area contributed by atoms with E-state index >= 15 is 0 Å². The Labute approximate surface area is 168 Å². The molecule has 0 bridgehead atoms. The molecule has 1 amide bonds. The molecule has 4 rings (SSSR count). The number of carbonyl (C=O) groups excluding carboxylic acids is 2. The molecular weight excluding hydrogens is 395 g/mol. The molecule has 0 spiro atoms. The van der Waals surface area contributed by atoms with E-state index in [4.69, 9.17) is 4.74 Å². The van der Waals surface area contributed by atoms with Crippen LogP contribution in [-0.4, -0.2) is 27.1 Å². The number of hydrogen-bond donors (Lipinski definition) is 1. The van der Waals surface area contributed by atoms with Crippen LogP contribution >= 0.6 is 11.3 Å². The maximum atomic E-state index is 14.1. The maximum Gasteiger partial charge on any atom is 0.338 e. The highest BCUT2D eigenvalue weighted by Crippen LogP contribution is 2.31.